The predicted molar refractivity (Wildman–Crippen MR) is 104 cm³/mol. The van der Waals surface area contributed by atoms with E-state index in [2.05, 4.69) is 112 Å². The largest absolute Gasteiger partial charge is 0.143 e. The number of hydrogen-bond donors (Lipinski definition) is 2. The molecule has 3 aromatic rings. The molecule has 0 nitrogen and oxygen atoms in total. The molecule has 0 saturated heterocycles. The average Bonchev–Trinajstić information content (AvgIpc) is 2.56. The van der Waals surface area contributed by atoms with E-state index in [4.69, 9.17) is 0 Å². The minimum atomic E-state index is -0.214. The maximum Gasteiger partial charge on any atom is 0.0425 e. The zero-order valence-corrected chi connectivity index (χ0v) is 15.1. The summed E-state index contributed by atoms with van der Waals surface area (Å²) in [4.78, 5) is 1.96. The summed E-state index contributed by atoms with van der Waals surface area (Å²) in [5.74, 6) is 0. The van der Waals surface area contributed by atoms with Crippen molar-refractivity contribution in [3.8, 4) is 0 Å². The van der Waals surface area contributed by atoms with Crippen molar-refractivity contribution in [3.05, 3.63) is 95.1 Å². The third-order valence-corrected chi connectivity index (χ3v) is 5.17. The van der Waals surface area contributed by atoms with Gasteiger partial charge in [-0.1, -0.05) is 48.5 Å². The van der Waals surface area contributed by atoms with Gasteiger partial charge in [0.2, 0.25) is 0 Å². The van der Waals surface area contributed by atoms with Gasteiger partial charge >= 0.3 is 0 Å². The second-order valence-electron chi connectivity index (χ2n) is 6.03. The van der Waals surface area contributed by atoms with Gasteiger partial charge in [0.15, 0.2) is 0 Å². The van der Waals surface area contributed by atoms with Crippen LogP contribution in [0.3, 0.4) is 0 Å². The topological polar surface area (TPSA) is 0 Å². The van der Waals surface area contributed by atoms with E-state index in [1.165, 1.54) is 22.3 Å². The summed E-state index contributed by atoms with van der Waals surface area (Å²) in [5, 5.41) is 0. The zero-order valence-electron chi connectivity index (χ0n) is 13.3. The average molecular weight is 337 g/mol. The molecule has 3 rings (SSSR count). The van der Waals surface area contributed by atoms with Crippen molar-refractivity contribution in [2.45, 2.75) is 29.1 Å². The fraction of sp³-hybridized carbons (Fsp3) is 0.143. The molecule has 23 heavy (non-hydrogen) atoms. The molecule has 0 aliphatic carbocycles. The molecule has 116 valence electrons. The van der Waals surface area contributed by atoms with Crippen LogP contribution < -0.4 is 0 Å². The highest BCUT2D eigenvalue weighted by Crippen LogP contribution is 2.40. The first kappa shape index (κ1) is 16.2. The Hall–Kier alpha value is -1.64. The lowest BCUT2D eigenvalue weighted by molar-refractivity contribution is 0.685. The molecule has 0 aliphatic rings. The number of aryl methyl sites for hydroxylation is 1. The smallest absolute Gasteiger partial charge is 0.0425 e. The molecule has 0 amide bonds. The van der Waals surface area contributed by atoms with Crippen LogP contribution in [0.1, 0.15) is 29.2 Å². The van der Waals surface area contributed by atoms with Crippen molar-refractivity contribution in [3.63, 3.8) is 0 Å². The van der Waals surface area contributed by atoms with Gasteiger partial charge in [-0.2, -0.15) is 0 Å². The normalized spacial score (nSPS) is 11.5. The van der Waals surface area contributed by atoms with Gasteiger partial charge in [0.25, 0.3) is 0 Å². The van der Waals surface area contributed by atoms with Crippen molar-refractivity contribution in [1.29, 1.82) is 0 Å². The van der Waals surface area contributed by atoms with Crippen LogP contribution in [0.25, 0.3) is 0 Å². The first-order valence-electron chi connectivity index (χ1n) is 7.67. The van der Waals surface area contributed by atoms with Crippen LogP contribution in [0.4, 0.5) is 0 Å². The van der Waals surface area contributed by atoms with Crippen molar-refractivity contribution in [1.82, 2.24) is 0 Å². The first-order chi connectivity index (χ1) is 11.0. The number of hydrogen-bond acceptors (Lipinski definition) is 2. The standard InChI is InChI=1S/C21H20S2/c1-15-5-3-4-6-20(15)21(2,16-7-11-18(22)12-8-16)17-9-13-19(23)14-10-17/h3-14,22-23H,1-2H3. The summed E-state index contributed by atoms with van der Waals surface area (Å²) in [5.41, 5.74) is 4.92. The monoisotopic (exact) mass is 336 g/mol. The van der Waals surface area contributed by atoms with E-state index in [0.29, 0.717) is 0 Å². The molecule has 0 heterocycles. The highest BCUT2D eigenvalue weighted by Gasteiger charge is 2.32. The molecule has 2 heteroatoms. The molecule has 0 aliphatic heterocycles. The fourth-order valence-corrected chi connectivity index (χ4v) is 3.50. The molecule has 0 aromatic heterocycles. The van der Waals surface area contributed by atoms with E-state index in [-0.39, 0.29) is 5.41 Å². The van der Waals surface area contributed by atoms with E-state index in [9.17, 15) is 0 Å². The van der Waals surface area contributed by atoms with E-state index in [0.717, 1.165) is 9.79 Å². The third kappa shape index (κ3) is 3.06. The maximum atomic E-state index is 4.43. The Morgan fingerprint density at radius 1 is 0.652 bits per heavy atom. The number of benzene rings is 3. The Morgan fingerprint density at radius 2 is 1.09 bits per heavy atom. The van der Waals surface area contributed by atoms with E-state index in [1.807, 2.05) is 0 Å². The summed E-state index contributed by atoms with van der Waals surface area (Å²) in [6.07, 6.45) is 0. The van der Waals surface area contributed by atoms with Crippen molar-refractivity contribution in [2.24, 2.45) is 0 Å². The van der Waals surface area contributed by atoms with Crippen LogP contribution >= 0.6 is 25.3 Å². The zero-order chi connectivity index (χ0) is 16.4. The summed E-state index contributed by atoms with van der Waals surface area (Å²) in [7, 11) is 0. The van der Waals surface area contributed by atoms with Gasteiger partial charge in [0.1, 0.15) is 0 Å². The lowest BCUT2D eigenvalue weighted by atomic mass is 9.70. The maximum absolute atomic E-state index is 4.43. The summed E-state index contributed by atoms with van der Waals surface area (Å²) < 4.78 is 0. The van der Waals surface area contributed by atoms with Gasteiger partial charge in [-0.3, -0.25) is 0 Å². The summed E-state index contributed by atoms with van der Waals surface area (Å²) >= 11 is 8.85. The Bertz CT molecular complexity index is 757. The molecule has 0 bridgehead atoms. The quantitative estimate of drug-likeness (QED) is 0.430. The fourth-order valence-electron chi connectivity index (χ4n) is 3.20. The second kappa shape index (κ2) is 6.46. The number of rotatable bonds is 3. The highest BCUT2D eigenvalue weighted by atomic mass is 32.1. The van der Waals surface area contributed by atoms with Gasteiger partial charge in [-0.25, -0.2) is 0 Å². The molecule has 0 unspecified atom stereocenters. The van der Waals surface area contributed by atoms with Crippen LogP contribution in [0, 0.1) is 6.92 Å². The summed E-state index contributed by atoms with van der Waals surface area (Å²) in [6.45, 7) is 4.46. The molecular formula is C21H20S2. The van der Waals surface area contributed by atoms with Gasteiger partial charge in [-0.15, -0.1) is 25.3 Å². The SMILES string of the molecule is Cc1ccccc1C(C)(c1ccc(S)cc1)c1ccc(S)cc1. The van der Waals surface area contributed by atoms with Crippen LogP contribution in [-0.2, 0) is 5.41 Å². The van der Waals surface area contributed by atoms with Gasteiger partial charge in [0.05, 0.1) is 0 Å². The van der Waals surface area contributed by atoms with Crippen molar-refractivity contribution >= 4 is 25.3 Å². The number of thiol groups is 2. The summed E-state index contributed by atoms with van der Waals surface area (Å²) in [6, 6.07) is 25.5. The van der Waals surface area contributed by atoms with Crippen LogP contribution in [0.2, 0.25) is 0 Å². The first-order valence-corrected chi connectivity index (χ1v) is 8.56. The van der Waals surface area contributed by atoms with Gasteiger partial charge in [0, 0.05) is 15.2 Å². The molecular weight excluding hydrogens is 316 g/mol. The van der Waals surface area contributed by atoms with E-state index < -0.39 is 0 Å². The van der Waals surface area contributed by atoms with E-state index >= 15 is 0 Å². The molecule has 0 saturated carbocycles. The van der Waals surface area contributed by atoms with Crippen LogP contribution in [-0.4, -0.2) is 0 Å². The minimum Gasteiger partial charge on any atom is -0.143 e. The molecule has 0 spiro atoms. The molecule has 0 fully saturated rings. The molecule has 0 radical (unpaired) electrons. The Labute approximate surface area is 149 Å². The Balaban J connectivity index is 2.27. The second-order valence-corrected chi connectivity index (χ2v) is 7.07. The minimum absolute atomic E-state index is 0.214. The Kier molecular flexibility index (Phi) is 4.56. The van der Waals surface area contributed by atoms with E-state index in [1.54, 1.807) is 0 Å². The molecule has 0 atom stereocenters. The van der Waals surface area contributed by atoms with Crippen molar-refractivity contribution in [2.75, 3.05) is 0 Å². The van der Waals surface area contributed by atoms with Gasteiger partial charge in [-0.05, 0) is 60.4 Å². The van der Waals surface area contributed by atoms with Gasteiger partial charge < -0.3 is 0 Å². The lowest BCUT2D eigenvalue weighted by Gasteiger charge is -2.33. The van der Waals surface area contributed by atoms with Crippen molar-refractivity contribution < 1.29 is 0 Å². The third-order valence-electron chi connectivity index (χ3n) is 4.57. The highest BCUT2D eigenvalue weighted by molar-refractivity contribution is 7.80. The predicted octanol–water partition coefficient (Wildman–Crippen LogP) is 5.93. The lowest BCUT2D eigenvalue weighted by Crippen LogP contribution is -2.26. The molecule has 3 aromatic carbocycles. The van der Waals surface area contributed by atoms with Crippen LogP contribution in [0.15, 0.2) is 82.6 Å². The Morgan fingerprint density at radius 3 is 1.52 bits per heavy atom. The van der Waals surface area contributed by atoms with Crippen LogP contribution in [0.5, 0.6) is 0 Å². The molecule has 0 N–H and O–H groups in total.